The minimum Gasteiger partial charge on any atom is -0.494 e. The molecule has 0 amide bonds. The zero-order valence-electron chi connectivity index (χ0n) is 10.5. The molecule has 0 fully saturated rings. The lowest BCUT2D eigenvalue weighted by atomic mass is 10.1. The highest BCUT2D eigenvalue weighted by atomic mass is 79.9. The van der Waals surface area contributed by atoms with Crippen molar-refractivity contribution in [3.8, 4) is 5.88 Å². The van der Waals surface area contributed by atoms with Crippen molar-refractivity contribution >= 4 is 15.9 Å². The highest BCUT2D eigenvalue weighted by Crippen LogP contribution is 2.23. The van der Waals surface area contributed by atoms with E-state index in [1.807, 2.05) is 24.3 Å². The van der Waals surface area contributed by atoms with Crippen molar-refractivity contribution in [1.82, 2.24) is 9.55 Å². The molecule has 0 saturated heterocycles. The summed E-state index contributed by atoms with van der Waals surface area (Å²) in [5, 5.41) is 9.98. The average molecular weight is 325 g/mol. The number of hydrogen-bond acceptors (Lipinski definition) is 3. The summed E-state index contributed by atoms with van der Waals surface area (Å²) in [4.78, 5) is 25.4. The van der Waals surface area contributed by atoms with Crippen molar-refractivity contribution in [2.24, 2.45) is 0 Å². The van der Waals surface area contributed by atoms with E-state index in [-0.39, 0.29) is 17.5 Å². The molecule has 0 saturated carbocycles. The Hall–Kier alpha value is -1.82. The van der Waals surface area contributed by atoms with Crippen LogP contribution in [0.15, 0.2) is 38.3 Å². The van der Waals surface area contributed by atoms with Gasteiger partial charge in [-0.15, -0.1) is 0 Å². The topological polar surface area (TPSA) is 75.1 Å². The van der Waals surface area contributed by atoms with E-state index in [0.29, 0.717) is 0 Å². The van der Waals surface area contributed by atoms with Crippen LogP contribution in [-0.4, -0.2) is 14.7 Å². The molecule has 0 radical (unpaired) electrons. The van der Waals surface area contributed by atoms with E-state index in [1.165, 1.54) is 11.5 Å². The second-order valence-electron chi connectivity index (χ2n) is 4.31. The normalized spacial score (nSPS) is 12.4. The van der Waals surface area contributed by atoms with Crippen LogP contribution in [0, 0.1) is 6.92 Å². The number of benzene rings is 1. The Balaban J connectivity index is 2.59. The number of rotatable bonds is 2. The van der Waals surface area contributed by atoms with Gasteiger partial charge in [-0.2, -0.15) is 0 Å². The lowest BCUT2D eigenvalue weighted by Crippen LogP contribution is -2.33. The SMILES string of the molecule is Cc1c(O)n(C(C)c2ccc(Br)cc2)c(=O)[nH]c1=O. The summed E-state index contributed by atoms with van der Waals surface area (Å²) in [5.74, 6) is -0.302. The Morgan fingerprint density at radius 1 is 1.26 bits per heavy atom. The van der Waals surface area contributed by atoms with Crippen LogP contribution in [0.25, 0.3) is 0 Å². The van der Waals surface area contributed by atoms with Crippen LogP contribution in [0.4, 0.5) is 0 Å². The van der Waals surface area contributed by atoms with Gasteiger partial charge in [0.25, 0.3) is 5.56 Å². The molecule has 2 rings (SSSR count). The first kappa shape index (κ1) is 13.6. The molecule has 19 heavy (non-hydrogen) atoms. The first-order valence-corrected chi connectivity index (χ1v) is 6.51. The van der Waals surface area contributed by atoms with Crippen molar-refractivity contribution in [2.75, 3.05) is 0 Å². The molecule has 0 aliphatic carbocycles. The first-order chi connectivity index (χ1) is 8.91. The van der Waals surface area contributed by atoms with E-state index in [2.05, 4.69) is 20.9 Å². The molecule has 1 aromatic heterocycles. The standard InChI is InChI=1S/C13H13BrN2O3/c1-7-11(17)15-13(19)16(12(7)18)8(2)9-3-5-10(14)6-4-9/h3-6,8,18H,1-2H3,(H,15,17,19). The number of hydrogen-bond donors (Lipinski definition) is 2. The predicted molar refractivity (Wildman–Crippen MR) is 75.7 cm³/mol. The van der Waals surface area contributed by atoms with Gasteiger partial charge in [-0.1, -0.05) is 28.1 Å². The first-order valence-electron chi connectivity index (χ1n) is 5.71. The molecule has 0 aliphatic rings. The third-order valence-corrected chi connectivity index (χ3v) is 3.61. The number of aromatic nitrogens is 2. The zero-order valence-corrected chi connectivity index (χ0v) is 12.1. The van der Waals surface area contributed by atoms with Crippen molar-refractivity contribution < 1.29 is 5.11 Å². The highest BCUT2D eigenvalue weighted by molar-refractivity contribution is 9.10. The van der Waals surface area contributed by atoms with Crippen LogP contribution >= 0.6 is 15.9 Å². The maximum absolute atomic E-state index is 11.8. The van der Waals surface area contributed by atoms with Crippen LogP contribution in [0.3, 0.4) is 0 Å². The van der Waals surface area contributed by atoms with E-state index in [9.17, 15) is 14.7 Å². The average Bonchev–Trinajstić information content (AvgIpc) is 2.37. The summed E-state index contributed by atoms with van der Waals surface area (Å²) >= 11 is 3.34. The van der Waals surface area contributed by atoms with Crippen LogP contribution < -0.4 is 11.2 Å². The van der Waals surface area contributed by atoms with Crippen molar-refractivity contribution in [3.05, 3.63) is 60.7 Å². The minimum absolute atomic E-state index is 0.128. The number of aromatic amines is 1. The summed E-state index contributed by atoms with van der Waals surface area (Å²) in [6.45, 7) is 3.25. The molecule has 1 atom stereocenters. The molecule has 2 aromatic rings. The molecule has 1 aromatic carbocycles. The van der Waals surface area contributed by atoms with Crippen LogP contribution in [0.2, 0.25) is 0 Å². The summed E-state index contributed by atoms with van der Waals surface area (Å²) in [7, 11) is 0. The fourth-order valence-electron chi connectivity index (χ4n) is 1.88. The second-order valence-corrected chi connectivity index (χ2v) is 5.22. The number of nitrogens with zero attached hydrogens (tertiary/aromatic N) is 1. The molecule has 1 unspecified atom stereocenters. The van der Waals surface area contributed by atoms with Gasteiger partial charge in [0, 0.05) is 4.47 Å². The Morgan fingerprint density at radius 2 is 1.84 bits per heavy atom. The van der Waals surface area contributed by atoms with Crippen LogP contribution in [0.5, 0.6) is 5.88 Å². The fraction of sp³-hybridized carbons (Fsp3) is 0.231. The molecule has 0 bridgehead atoms. The molecule has 6 heteroatoms. The number of H-pyrrole nitrogens is 1. The fourth-order valence-corrected chi connectivity index (χ4v) is 2.14. The lowest BCUT2D eigenvalue weighted by Gasteiger charge is -2.17. The highest BCUT2D eigenvalue weighted by Gasteiger charge is 2.16. The smallest absolute Gasteiger partial charge is 0.331 e. The Labute approximate surface area is 117 Å². The van der Waals surface area contributed by atoms with E-state index in [0.717, 1.165) is 10.0 Å². The number of nitrogens with one attached hydrogen (secondary N) is 1. The Morgan fingerprint density at radius 3 is 2.42 bits per heavy atom. The van der Waals surface area contributed by atoms with E-state index < -0.39 is 11.2 Å². The van der Waals surface area contributed by atoms with Gasteiger partial charge in [-0.05, 0) is 31.5 Å². The van der Waals surface area contributed by atoms with Gasteiger partial charge in [0.2, 0.25) is 5.88 Å². The Bertz CT molecular complexity index is 716. The molecule has 1 heterocycles. The zero-order chi connectivity index (χ0) is 14.2. The van der Waals surface area contributed by atoms with Gasteiger partial charge in [0.15, 0.2) is 0 Å². The maximum Gasteiger partial charge on any atom is 0.331 e. The van der Waals surface area contributed by atoms with Crippen LogP contribution in [0.1, 0.15) is 24.1 Å². The number of halogens is 1. The maximum atomic E-state index is 11.8. The quantitative estimate of drug-likeness (QED) is 0.886. The summed E-state index contributed by atoms with van der Waals surface area (Å²) in [5.41, 5.74) is -0.208. The molecular weight excluding hydrogens is 312 g/mol. The molecule has 2 N–H and O–H groups in total. The van der Waals surface area contributed by atoms with E-state index in [1.54, 1.807) is 6.92 Å². The summed E-state index contributed by atoms with van der Waals surface area (Å²) < 4.78 is 2.10. The molecule has 0 aliphatic heterocycles. The third-order valence-electron chi connectivity index (χ3n) is 3.08. The third kappa shape index (κ3) is 2.49. The molecule has 5 nitrogen and oxygen atoms in total. The van der Waals surface area contributed by atoms with Gasteiger partial charge < -0.3 is 5.11 Å². The van der Waals surface area contributed by atoms with Gasteiger partial charge in [-0.25, -0.2) is 4.79 Å². The van der Waals surface area contributed by atoms with E-state index >= 15 is 0 Å². The minimum atomic E-state index is -0.622. The predicted octanol–water partition coefficient (Wildman–Crippen LogP) is 1.92. The van der Waals surface area contributed by atoms with Gasteiger partial charge in [-0.3, -0.25) is 14.3 Å². The van der Waals surface area contributed by atoms with Crippen molar-refractivity contribution in [1.29, 1.82) is 0 Å². The van der Waals surface area contributed by atoms with Gasteiger partial charge in [0.1, 0.15) is 0 Å². The lowest BCUT2D eigenvalue weighted by molar-refractivity contribution is 0.384. The molecular formula is C13H13BrN2O3. The Kier molecular flexibility index (Phi) is 3.61. The van der Waals surface area contributed by atoms with Crippen molar-refractivity contribution in [2.45, 2.75) is 19.9 Å². The van der Waals surface area contributed by atoms with Crippen molar-refractivity contribution in [3.63, 3.8) is 0 Å². The van der Waals surface area contributed by atoms with Crippen LogP contribution in [-0.2, 0) is 0 Å². The van der Waals surface area contributed by atoms with Gasteiger partial charge in [0.05, 0.1) is 11.6 Å². The van der Waals surface area contributed by atoms with E-state index in [4.69, 9.17) is 0 Å². The largest absolute Gasteiger partial charge is 0.494 e. The molecule has 100 valence electrons. The second kappa shape index (κ2) is 5.05. The monoisotopic (exact) mass is 324 g/mol. The summed E-state index contributed by atoms with van der Waals surface area (Å²) in [6, 6.07) is 7.03. The summed E-state index contributed by atoms with van der Waals surface area (Å²) in [6.07, 6.45) is 0. The molecule has 0 spiro atoms. The number of aromatic hydroxyl groups is 1. The van der Waals surface area contributed by atoms with Gasteiger partial charge >= 0.3 is 5.69 Å².